The molecule has 0 unspecified atom stereocenters. The summed E-state index contributed by atoms with van der Waals surface area (Å²) in [6, 6.07) is 15.4. The van der Waals surface area contributed by atoms with Gasteiger partial charge in [0.2, 0.25) is 0 Å². The molecule has 2 aromatic carbocycles. The molecule has 1 aliphatic rings. The van der Waals surface area contributed by atoms with Gasteiger partial charge in [-0.25, -0.2) is 0 Å². The summed E-state index contributed by atoms with van der Waals surface area (Å²) in [4.78, 5) is 32.0. The Bertz CT molecular complexity index is 1270. The molecule has 1 aliphatic heterocycles. The molecule has 0 aliphatic carbocycles. The van der Waals surface area contributed by atoms with Gasteiger partial charge in [0.05, 0.1) is 23.2 Å². The number of aliphatic hydroxyl groups is 1. The minimum atomic E-state index is -0.762. The highest BCUT2D eigenvalue weighted by Crippen LogP contribution is 2.41. The van der Waals surface area contributed by atoms with E-state index in [4.69, 9.17) is 16.3 Å². The van der Waals surface area contributed by atoms with E-state index in [1.165, 1.54) is 11.0 Å². The number of aromatic nitrogens is 1. The van der Waals surface area contributed by atoms with Crippen LogP contribution in [0, 0.1) is 0 Å². The molecule has 4 rings (SSSR count). The first kappa shape index (κ1) is 24.5. The third-order valence-electron chi connectivity index (χ3n) is 6.04. The van der Waals surface area contributed by atoms with Gasteiger partial charge < -0.3 is 14.7 Å². The van der Waals surface area contributed by atoms with Crippen molar-refractivity contribution in [2.75, 3.05) is 6.61 Å². The number of hydrogen-bond donors (Lipinski definition) is 1. The molecule has 6 nitrogen and oxygen atoms in total. The van der Waals surface area contributed by atoms with Crippen LogP contribution in [0.1, 0.15) is 55.0 Å². The van der Waals surface area contributed by atoms with Crippen molar-refractivity contribution in [3.63, 3.8) is 0 Å². The Kier molecular flexibility index (Phi) is 7.22. The number of hydrogen-bond acceptors (Lipinski definition) is 5. The topological polar surface area (TPSA) is 79.7 Å². The van der Waals surface area contributed by atoms with Crippen LogP contribution in [-0.4, -0.2) is 33.3 Å². The van der Waals surface area contributed by atoms with Crippen LogP contribution in [0.15, 0.2) is 72.6 Å². The van der Waals surface area contributed by atoms with Gasteiger partial charge in [0.1, 0.15) is 11.5 Å². The second kappa shape index (κ2) is 10.3. The SMILES string of the molecule is CCOc1ccc(C(O)=C2C(=O)C(=O)N(Cc3cccnc3)[C@@H]2c2ccc(C(C)C)cc2)cc1Cl. The highest BCUT2D eigenvalue weighted by Gasteiger charge is 2.46. The second-order valence-electron chi connectivity index (χ2n) is 8.69. The number of amides is 1. The van der Waals surface area contributed by atoms with E-state index in [-0.39, 0.29) is 17.9 Å². The molecule has 7 heteroatoms. The highest BCUT2D eigenvalue weighted by molar-refractivity contribution is 6.46. The number of aliphatic hydroxyl groups excluding tert-OH is 1. The summed E-state index contributed by atoms with van der Waals surface area (Å²) in [6.45, 7) is 6.66. The number of nitrogens with zero attached hydrogens (tertiary/aromatic N) is 2. The summed E-state index contributed by atoms with van der Waals surface area (Å²) in [6.07, 6.45) is 3.31. The summed E-state index contributed by atoms with van der Waals surface area (Å²) < 4.78 is 5.47. The molecule has 0 radical (unpaired) electrons. The number of ketones is 1. The lowest BCUT2D eigenvalue weighted by Gasteiger charge is -2.25. The number of Topliss-reactive ketones (excluding diaryl/α,β-unsaturated/α-hetero) is 1. The van der Waals surface area contributed by atoms with E-state index in [0.717, 1.165) is 16.7 Å². The molecule has 1 saturated heterocycles. The van der Waals surface area contributed by atoms with E-state index in [1.807, 2.05) is 37.3 Å². The second-order valence-corrected chi connectivity index (χ2v) is 9.10. The van der Waals surface area contributed by atoms with Crippen molar-refractivity contribution in [2.45, 2.75) is 39.3 Å². The van der Waals surface area contributed by atoms with Gasteiger partial charge in [-0.3, -0.25) is 14.6 Å². The molecule has 1 fully saturated rings. The zero-order chi connectivity index (χ0) is 25.1. The van der Waals surface area contributed by atoms with Gasteiger partial charge >= 0.3 is 0 Å². The Morgan fingerprint density at radius 2 is 1.89 bits per heavy atom. The van der Waals surface area contributed by atoms with Crippen molar-refractivity contribution in [3.05, 3.63) is 99.8 Å². The van der Waals surface area contributed by atoms with Crippen molar-refractivity contribution in [1.82, 2.24) is 9.88 Å². The summed E-state index contributed by atoms with van der Waals surface area (Å²) >= 11 is 6.33. The van der Waals surface area contributed by atoms with Gasteiger partial charge in [0.15, 0.2) is 0 Å². The molecule has 1 aromatic heterocycles. The number of carbonyl (C=O) groups is 2. The fraction of sp³-hybridized carbons (Fsp3) is 0.250. The Labute approximate surface area is 209 Å². The van der Waals surface area contributed by atoms with Gasteiger partial charge in [-0.1, -0.05) is 55.8 Å². The molecule has 1 amide bonds. The van der Waals surface area contributed by atoms with Crippen LogP contribution in [-0.2, 0) is 16.1 Å². The van der Waals surface area contributed by atoms with Crippen LogP contribution in [0.4, 0.5) is 0 Å². The molecule has 35 heavy (non-hydrogen) atoms. The molecule has 180 valence electrons. The van der Waals surface area contributed by atoms with Gasteiger partial charge in [-0.2, -0.15) is 0 Å². The molecule has 1 atom stereocenters. The third kappa shape index (κ3) is 4.93. The van der Waals surface area contributed by atoms with E-state index in [2.05, 4.69) is 18.8 Å². The average molecular weight is 491 g/mol. The van der Waals surface area contributed by atoms with Gasteiger partial charge in [-0.05, 0) is 53.8 Å². The van der Waals surface area contributed by atoms with Crippen molar-refractivity contribution >= 4 is 29.1 Å². The van der Waals surface area contributed by atoms with Crippen LogP contribution in [0.3, 0.4) is 0 Å². The maximum Gasteiger partial charge on any atom is 0.295 e. The maximum atomic E-state index is 13.3. The lowest BCUT2D eigenvalue weighted by atomic mass is 9.93. The van der Waals surface area contributed by atoms with E-state index in [1.54, 1.807) is 30.6 Å². The Morgan fingerprint density at radius 3 is 2.49 bits per heavy atom. The monoisotopic (exact) mass is 490 g/mol. The molecule has 0 saturated carbocycles. The Morgan fingerprint density at radius 1 is 1.14 bits per heavy atom. The summed E-state index contributed by atoms with van der Waals surface area (Å²) in [5, 5.41) is 11.6. The van der Waals surface area contributed by atoms with E-state index in [0.29, 0.717) is 28.9 Å². The molecule has 0 bridgehead atoms. The normalized spacial score (nSPS) is 17.3. The number of carbonyl (C=O) groups excluding carboxylic acids is 2. The molecule has 0 spiro atoms. The lowest BCUT2D eigenvalue weighted by Crippen LogP contribution is -2.29. The summed E-state index contributed by atoms with van der Waals surface area (Å²) in [5.74, 6) is -0.889. The van der Waals surface area contributed by atoms with E-state index >= 15 is 0 Å². The minimum Gasteiger partial charge on any atom is -0.507 e. The molecular weight excluding hydrogens is 464 g/mol. The van der Waals surface area contributed by atoms with Gasteiger partial charge in [-0.15, -0.1) is 0 Å². The quantitative estimate of drug-likeness (QED) is 0.254. The van der Waals surface area contributed by atoms with Crippen LogP contribution in [0.5, 0.6) is 5.75 Å². The average Bonchev–Trinajstić information content (AvgIpc) is 3.10. The van der Waals surface area contributed by atoms with Gasteiger partial charge in [0, 0.05) is 24.5 Å². The summed E-state index contributed by atoms with van der Waals surface area (Å²) in [5.41, 5.74) is 3.01. The van der Waals surface area contributed by atoms with Crippen molar-refractivity contribution in [1.29, 1.82) is 0 Å². The van der Waals surface area contributed by atoms with Crippen molar-refractivity contribution in [2.24, 2.45) is 0 Å². The minimum absolute atomic E-state index is 0.0245. The van der Waals surface area contributed by atoms with Crippen LogP contribution in [0.25, 0.3) is 5.76 Å². The Balaban J connectivity index is 1.84. The predicted molar refractivity (Wildman–Crippen MR) is 135 cm³/mol. The van der Waals surface area contributed by atoms with Crippen molar-refractivity contribution < 1.29 is 19.4 Å². The zero-order valence-corrected chi connectivity index (χ0v) is 20.6. The number of likely N-dealkylation sites (tertiary alicyclic amines) is 1. The van der Waals surface area contributed by atoms with Crippen LogP contribution >= 0.6 is 11.6 Å². The van der Waals surface area contributed by atoms with Crippen LogP contribution < -0.4 is 4.74 Å². The fourth-order valence-electron chi connectivity index (χ4n) is 4.22. The zero-order valence-electron chi connectivity index (χ0n) is 19.9. The van der Waals surface area contributed by atoms with Crippen LogP contribution in [0.2, 0.25) is 5.02 Å². The molecule has 1 N–H and O–H groups in total. The standard InChI is InChI=1S/C28H27ClN2O4/c1-4-35-23-12-11-21(14-22(23)29)26(32)24-25(20-9-7-19(8-10-20)17(2)3)31(28(34)27(24)33)16-18-6-5-13-30-15-18/h5-15,17,25,32H,4,16H2,1-3H3/t25-/m1/s1. The third-order valence-corrected chi connectivity index (χ3v) is 6.34. The maximum absolute atomic E-state index is 13.3. The van der Waals surface area contributed by atoms with E-state index in [9.17, 15) is 14.7 Å². The molecule has 3 aromatic rings. The summed E-state index contributed by atoms with van der Waals surface area (Å²) in [7, 11) is 0. The number of ether oxygens (including phenoxy) is 1. The number of benzene rings is 2. The van der Waals surface area contributed by atoms with E-state index < -0.39 is 17.7 Å². The van der Waals surface area contributed by atoms with Gasteiger partial charge in [0.25, 0.3) is 11.7 Å². The molecule has 2 heterocycles. The largest absolute Gasteiger partial charge is 0.507 e. The smallest absolute Gasteiger partial charge is 0.295 e. The first-order valence-electron chi connectivity index (χ1n) is 11.5. The first-order chi connectivity index (χ1) is 16.8. The lowest BCUT2D eigenvalue weighted by molar-refractivity contribution is -0.140. The molecular formula is C28H27ClN2O4. The first-order valence-corrected chi connectivity index (χ1v) is 11.9. The predicted octanol–water partition coefficient (Wildman–Crippen LogP) is 5.88. The number of halogens is 1. The van der Waals surface area contributed by atoms with Crippen molar-refractivity contribution in [3.8, 4) is 5.75 Å². The number of pyridine rings is 1. The Hall–Kier alpha value is -3.64. The fourth-order valence-corrected chi connectivity index (χ4v) is 4.45. The number of rotatable bonds is 7. The highest BCUT2D eigenvalue weighted by atomic mass is 35.5.